The number of carboxylic acid groups (broad SMARTS) is 1. The first-order valence-electron chi connectivity index (χ1n) is 9.08. The monoisotopic (exact) mass is 502 g/mol. The molecular weight excluding hydrogens is 481 g/mol. The lowest BCUT2D eigenvalue weighted by Gasteiger charge is -2.03. The van der Waals surface area contributed by atoms with Crippen molar-refractivity contribution in [3.63, 3.8) is 0 Å². The molecule has 34 heavy (non-hydrogen) atoms. The summed E-state index contributed by atoms with van der Waals surface area (Å²) in [6, 6.07) is 8.12. The standard InChI is InChI=1S/C8H9FN2O2.C7H7FN2O2.C5H5FN2.ClH/c1-13-7(12)5-11-8-6(9)3-2-4-10-8;8-5-2-1-3-9-7(5)10-4-6(11)12;6-4-2-1-3-8-5(4)7;/h2-4H,5H2,1H3,(H,10,11);1-3H,4H2,(H,9,10)(H,11,12);1-3H,(H2,7,8);1H. The maximum atomic E-state index is 12.9. The number of methoxy groups -OCH3 is 1. The van der Waals surface area contributed by atoms with Crippen LogP contribution < -0.4 is 16.4 Å². The third-order valence-corrected chi connectivity index (χ3v) is 3.34. The normalized spacial score (nSPS) is 9.06. The highest BCUT2D eigenvalue weighted by Gasteiger charge is 2.04. The Kier molecular flexibility index (Phi) is 14.5. The van der Waals surface area contributed by atoms with Crippen molar-refractivity contribution < 1.29 is 32.6 Å². The fourth-order valence-corrected chi connectivity index (χ4v) is 1.82. The first-order chi connectivity index (χ1) is 15.7. The number of nitrogen functional groups attached to an aromatic ring is 1. The number of nitrogens with two attached hydrogens (primary N) is 1. The Hall–Kier alpha value is -4.13. The second kappa shape index (κ2) is 16.5. The van der Waals surface area contributed by atoms with Crippen molar-refractivity contribution in [2.45, 2.75) is 0 Å². The van der Waals surface area contributed by atoms with Gasteiger partial charge in [-0.3, -0.25) is 9.59 Å². The minimum absolute atomic E-state index is 0. The summed E-state index contributed by atoms with van der Waals surface area (Å²) >= 11 is 0. The van der Waals surface area contributed by atoms with Gasteiger partial charge in [-0.1, -0.05) is 0 Å². The summed E-state index contributed by atoms with van der Waals surface area (Å²) in [6.45, 7) is -0.432. The second-order valence-electron chi connectivity index (χ2n) is 5.72. The van der Waals surface area contributed by atoms with Gasteiger partial charge in [0.15, 0.2) is 34.9 Å². The van der Waals surface area contributed by atoms with E-state index in [9.17, 15) is 22.8 Å². The number of carbonyl (C=O) groups is 2. The van der Waals surface area contributed by atoms with Gasteiger partial charge in [0.25, 0.3) is 0 Å². The third kappa shape index (κ3) is 12.0. The van der Waals surface area contributed by atoms with Crippen LogP contribution in [0.5, 0.6) is 0 Å². The SMILES string of the molecule is COC(=O)CNc1ncccc1F.Cl.Nc1ncccc1F.O=C(O)CNc1ncccc1F. The molecule has 0 radical (unpaired) electrons. The van der Waals surface area contributed by atoms with Crippen molar-refractivity contribution in [1.29, 1.82) is 0 Å². The quantitative estimate of drug-likeness (QED) is 0.370. The summed E-state index contributed by atoms with van der Waals surface area (Å²) in [6.07, 6.45) is 4.26. The van der Waals surface area contributed by atoms with Crippen LogP contribution in [0.4, 0.5) is 30.6 Å². The van der Waals surface area contributed by atoms with E-state index >= 15 is 0 Å². The fraction of sp³-hybridized carbons (Fsp3) is 0.150. The molecule has 14 heteroatoms. The molecule has 0 atom stereocenters. The van der Waals surface area contributed by atoms with E-state index in [1.165, 1.54) is 62.1 Å². The predicted molar refractivity (Wildman–Crippen MR) is 121 cm³/mol. The third-order valence-electron chi connectivity index (χ3n) is 3.34. The summed E-state index contributed by atoms with van der Waals surface area (Å²) in [5, 5.41) is 13.1. The minimum atomic E-state index is -1.06. The number of carboxylic acids is 1. The molecule has 0 unspecified atom stereocenters. The molecule has 0 aromatic carbocycles. The van der Waals surface area contributed by atoms with Crippen LogP contribution in [0.2, 0.25) is 0 Å². The summed E-state index contributed by atoms with van der Waals surface area (Å²) < 4.78 is 42.1. The van der Waals surface area contributed by atoms with Crippen LogP contribution in [0.25, 0.3) is 0 Å². The Morgan fingerprint density at radius 2 is 1.32 bits per heavy atom. The number of ether oxygens (including phenoxy) is 1. The number of pyridine rings is 3. The van der Waals surface area contributed by atoms with Crippen molar-refractivity contribution in [3.05, 3.63) is 72.4 Å². The number of nitrogens with one attached hydrogen (secondary N) is 2. The number of halogens is 4. The number of anilines is 3. The Bertz CT molecular complexity index is 1030. The molecule has 0 saturated carbocycles. The van der Waals surface area contributed by atoms with Crippen LogP contribution in [-0.2, 0) is 14.3 Å². The first kappa shape index (κ1) is 29.9. The number of carbonyl (C=O) groups excluding carboxylic acids is 1. The van der Waals surface area contributed by atoms with Gasteiger partial charge in [-0.25, -0.2) is 28.1 Å². The molecule has 3 rings (SSSR count). The largest absolute Gasteiger partial charge is 0.480 e. The summed E-state index contributed by atoms with van der Waals surface area (Å²) in [7, 11) is 1.26. The zero-order valence-electron chi connectivity index (χ0n) is 17.7. The van der Waals surface area contributed by atoms with E-state index in [4.69, 9.17) is 10.8 Å². The van der Waals surface area contributed by atoms with E-state index in [0.717, 1.165) is 0 Å². The molecule has 0 amide bonds. The minimum Gasteiger partial charge on any atom is -0.480 e. The molecule has 3 heterocycles. The Morgan fingerprint density at radius 1 is 0.882 bits per heavy atom. The average Bonchev–Trinajstić information content (AvgIpc) is 2.80. The van der Waals surface area contributed by atoms with Gasteiger partial charge >= 0.3 is 11.9 Å². The van der Waals surface area contributed by atoms with Gasteiger partial charge in [0.2, 0.25) is 0 Å². The molecule has 3 aromatic heterocycles. The van der Waals surface area contributed by atoms with Crippen LogP contribution in [0.3, 0.4) is 0 Å². The Balaban J connectivity index is 0.000000486. The van der Waals surface area contributed by atoms with Gasteiger partial charge in [-0.2, -0.15) is 0 Å². The van der Waals surface area contributed by atoms with Gasteiger partial charge in [-0.05, 0) is 36.4 Å². The van der Waals surface area contributed by atoms with Crippen LogP contribution in [0, 0.1) is 17.5 Å². The summed E-state index contributed by atoms with van der Waals surface area (Å²) in [5.41, 5.74) is 5.03. The number of aromatic nitrogens is 3. The predicted octanol–water partition coefficient (Wildman–Crippen LogP) is 2.75. The first-order valence-corrected chi connectivity index (χ1v) is 9.08. The number of nitrogens with zero attached hydrogens (tertiary/aromatic N) is 3. The maximum Gasteiger partial charge on any atom is 0.325 e. The van der Waals surface area contributed by atoms with Crippen molar-refractivity contribution in [1.82, 2.24) is 15.0 Å². The average molecular weight is 503 g/mol. The van der Waals surface area contributed by atoms with E-state index in [1.807, 2.05) is 0 Å². The van der Waals surface area contributed by atoms with Gasteiger partial charge in [0.05, 0.1) is 7.11 Å². The van der Waals surface area contributed by atoms with Crippen LogP contribution >= 0.6 is 12.4 Å². The van der Waals surface area contributed by atoms with E-state index in [-0.39, 0.29) is 43.0 Å². The second-order valence-corrected chi connectivity index (χ2v) is 5.72. The number of esters is 1. The molecule has 0 aliphatic rings. The maximum absolute atomic E-state index is 12.9. The summed E-state index contributed by atoms with van der Waals surface area (Å²) in [5.74, 6) is -3.08. The van der Waals surface area contributed by atoms with Gasteiger partial charge in [-0.15, -0.1) is 12.4 Å². The van der Waals surface area contributed by atoms with Crippen molar-refractivity contribution >= 4 is 41.8 Å². The molecule has 0 aliphatic carbocycles. The topological polar surface area (TPSA) is 152 Å². The van der Waals surface area contributed by atoms with E-state index in [0.29, 0.717) is 0 Å². The van der Waals surface area contributed by atoms with Crippen LogP contribution in [0.1, 0.15) is 0 Å². The molecular formula is C20H22ClF3N6O4. The molecule has 10 nitrogen and oxygen atoms in total. The molecule has 5 N–H and O–H groups in total. The van der Waals surface area contributed by atoms with Crippen molar-refractivity contribution in [2.24, 2.45) is 0 Å². The van der Waals surface area contributed by atoms with Crippen LogP contribution in [-0.4, -0.2) is 52.2 Å². The lowest BCUT2D eigenvalue weighted by molar-refractivity contribution is -0.138. The molecule has 0 fully saturated rings. The zero-order chi connectivity index (χ0) is 24.6. The number of aliphatic carboxylic acids is 1. The van der Waals surface area contributed by atoms with Gasteiger partial charge in [0.1, 0.15) is 13.1 Å². The lowest BCUT2D eigenvalue weighted by Crippen LogP contribution is -2.16. The van der Waals surface area contributed by atoms with Crippen molar-refractivity contribution in [3.8, 4) is 0 Å². The van der Waals surface area contributed by atoms with E-state index in [1.54, 1.807) is 0 Å². The Labute approximate surface area is 198 Å². The number of hydrogen-bond acceptors (Lipinski definition) is 9. The molecule has 0 spiro atoms. The molecule has 0 aliphatic heterocycles. The van der Waals surface area contributed by atoms with E-state index < -0.39 is 29.4 Å². The van der Waals surface area contributed by atoms with Gasteiger partial charge < -0.3 is 26.2 Å². The van der Waals surface area contributed by atoms with Crippen LogP contribution in [0.15, 0.2) is 55.0 Å². The highest BCUT2D eigenvalue weighted by Crippen LogP contribution is 2.08. The number of hydrogen-bond donors (Lipinski definition) is 4. The lowest BCUT2D eigenvalue weighted by atomic mass is 10.4. The molecule has 0 saturated heterocycles. The molecule has 184 valence electrons. The fourth-order valence-electron chi connectivity index (χ4n) is 1.82. The summed E-state index contributed by atoms with van der Waals surface area (Å²) in [4.78, 5) is 31.5. The van der Waals surface area contributed by atoms with E-state index in [2.05, 4.69) is 30.3 Å². The molecule has 3 aromatic rings. The Morgan fingerprint density at radius 3 is 1.68 bits per heavy atom. The zero-order valence-corrected chi connectivity index (χ0v) is 18.6. The highest BCUT2D eigenvalue weighted by atomic mass is 35.5. The smallest absolute Gasteiger partial charge is 0.325 e. The highest BCUT2D eigenvalue weighted by molar-refractivity contribution is 5.85. The van der Waals surface area contributed by atoms with Gasteiger partial charge in [0, 0.05) is 18.6 Å². The molecule has 0 bridgehead atoms. The number of rotatable bonds is 6. The van der Waals surface area contributed by atoms with Crippen molar-refractivity contribution in [2.75, 3.05) is 36.6 Å².